The molecule has 1 unspecified atom stereocenters. The molecule has 0 aliphatic rings. The van der Waals surface area contributed by atoms with Crippen molar-refractivity contribution in [2.45, 2.75) is 25.0 Å². The van der Waals surface area contributed by atoms with Crippen LogP contribution in [0.1, 0.15) is 17.5 Å². The van der Waals surface area contributed by atoms with Crippen LogP contribution < -0.4 is 5.32 Å². The maximum Gasteiger partial charge on any atom is 0.408 e. The number of amides is 1. The third kappa shape index (κ3) is 5.21. The summed E-state index contributed by atoms with van der Waals surface area (Å²) in [6.07, 6.45) is 0.922. The number of ether oxygens (including phenoxy) is 1. The van der Waals surface area contributed by atoms with Crippen LogP contribution in [0.2, 0.25) is 0 Å². The Morgan fingerprint density at radius 2 is 1.60 bits per heavy atom. The Bertz CT molecular complexity index is 715. The van der Waals surface area contributed by atoms with Crippen LogP contribution in [-0.4, -0.2) is 22.7 Å². The monoisotopic (exact) mass is 339 g/mol. The highest BCUT2D eigenvalue weighted by molar-refractivity contribution is 5.85. The number of hydrogen-bond acceptors (Lipinski definition) is 3. The smallest absolute Gasteiger partial charge is 0.408 e. The first-order valence-electron chi connectivity index (χ1n) is 7.93. The zero-order chi connectivity index (χ0) is 18.1. The SMILES string of the molecule is C=CCC(Cc1ccccc1)(NC(=O)OCc1ccccc1)C(=O)O. The van der Waals surface area contributed by atoms with Crippen molar-refractivity contribution in [3.8, 4) is 0 Å². The quantitative estimate of drug-likeness (QED) is 0.721. The number of aliphatic carboxylic acids is 1. The summed E-state index contributed by atoms with van der Waals surface area (Å²) < 4.78 is 5.17. The summed E-state index contributed by atoms with van der Waals surface area (Å²) in [6, 6.07) is 18.3. The van der Waals surface area contributed by atoms with Crippen molar-refractivity contribution in [2.75, 3.05) is 0 Å². The molecule has 0 aliphatic carbocycles. The Morgan fingerprint density at radius 3 is 2.12 bits per heavy atom. The van der Waals surface area contributed by atoms with E-state index in [1.54, 1.807) is 0 Å². The predicted octanol–water partition coefficient (Wildman–Crippen LogP) is 3.56. The second kappa shape index (κ2) is 8.68. The molecule has 0 spiro atoms. The van der Waals surface area contributed by atoms with Crippen LogP contribution in [0.25, 0.3) is 0 Å². The summed E-state index contributed by atoms with van der Waals surface area (Å²) in [7, 11) is 0. The van der Waals surface area contributed by atoms with Crippen molar-refractivity contribution in [3.05, 3.63) is 84.4 Å². The Balaban J connectivity index is 2.10. The third-order valence-corrected chi connectivity index (χ3v) is 3.81. The topological polar surface area (TPSA) is 75.6 Å². The highest BCUT2D eigenvalue weighted by Crippen LogP contribution is 2.19. The van der Waals surface area contributed by atoms with E-state index < -0.39 is 17.6 Å². The van der Waals surface area contributed by atoms with E-state index in [0.29, 0.717) is 0 Å². The summed E-state index contributed by atoms with van der Waals surface area (Å²) in [5.41, 5.74) is 0.122. The van der Waals surface area contributed by atoms with Crippen LogP contribution in [0.3, 0.4) is 0 Å². The van der Waals surface area contributed by atoms with Crippen LogP contribution in [0.5, 0.6) is 0 Å². The van der Waals surface area contributed by atoms with Crippen LogP contribution in [0, 0.1) is 0 Å². The number of rotatable bonds is 8. The van der Waals surface area contributed by atoms with E-state index in [-0.39, 0.29) is 19.4 Å². The number of carbonyl (C=O) groups excluding carboxylic acids is 1. The van der Waals surface area contributed by atoms with Crippen LogP contribution >= 0.6 is 0 Å². The van der Waals surface area contributed by atoms with Gasteiger partial charge in [-0.05, 0) is 17.5 Å². The Labute approximate surface area is 146 Å². The molecular formula is C20H21NO4. The molecule has 1 atom stereocenters. The van der Waals surface area contributed by atoms with E-state index in [1.807, 2.05) is 60.7 Å². The number of carboxylic acids is 1. The van der Waals surface area contributed by atoms with Gasteiger partial charge < -0.3 is 15.2 Å². The van der Waals surface area contributed by atoms with Gasteiger partial charge in [0.15, 0.2) is 0 Å². The maximum atomic E-state index is 12.2. The standard InChI is InChI=1S/C20H21NO4/c1-2-13-20(18(22)23,14-16-9-5-3-6-10-16)21-19(24)25-15-17-11-7-4-8-12-17/h2-12H,1,13-15H2,(H,21,24)(H,22,23). The molecule has 5 heteroatoms. The largest absolute Gasteiger partial charge is 0.479 e. The van der Waals surface area contributed by atoms with Gasteiger partial charge in [0.2, 0.25) is 0 Å². The summed E-state index contributed by atoms with van der Waals surface area (Å²) >= 11 is 0. The van der Waals surface area contributed by atoms with Crippen molar-refractivity contribution >= 4 is 12.1 Å². The fraction of sp³-hybridized carbons (Fsp3) is 0.200. The lowest BCUT2D eigenvalue weighted by Gasteiger charge is -2.29. The molecule has 0 aliphatic heterocycles. The summed E-state index contributed by atoms with van der Waals surface area (Å²) in [5.74, 6) is -1.13. The Morgan fingerprint density at radius 1 is 1.04 bits per heavy atom. The molecule has 2 rings (SSSR count). The number of carbonyl (C=O) groups is 2. The minimum Gasteiger partial charge on any atom is -0.479 e. The first kappa shape index (κ1) is 18.3. The Hall–Kier alpha value is -3.08. The molecule has 2 aromatic carbocycles. The number of hydrogen-bond donors (Lipinski definition) is 2. The van der Waals surface area contributed by atoms with Crippen molar-refractivity contribution in [3.63, 3.8) is 0 Å². The minimum absolute atomic E-state index is 0.0712. The summed E-state index contributed by atoms with van der Waals surface area (Å²) in [6.45, 7) is 3.69. The predicted molar refractivity (Wildman–Crippen MR) is 95.1 cm³/mol. The van der Waals surface area contributed by atoms with Gasteiger partial charge in [0.1, 0.15) is 12.1 Å². The van der Waals surface area contributed by atoms with Gasteiger partial charge in [0, 0.05) is 6.42 Å². The molecule has 0 saturated carbocycles. The molecule has 0 saturated heterocycles. The maximum absolute atomic E-state index is 12.2. The molecule has 130 valence electrons. The fourth-order valence-electron chi connectivity index (χ4n) is 2.53. The van der Waals surface area contributed by atoms with E-state index in [0.717, 1.165) is 11.1 Å². The number of alkyl carbamates (subject to hydrolysis) is 1. The van der Waals surface area contributed by atoms with E-state index in [2.05, 4.69) is 11.9 Å². The van der Waals surface area contributed by atoms with Crippen molar-refractivity contribution in [2.24, 2.45) is 0 Å². The molecular weight excluding hydrogens is 318 g/mol. The van der Waals surface area contributed by atoms with E-state index >= 15 is 0 Å². The fourth-order valence-corrected chi connectivity index (χ4v) is 2.53. The average molecular weight is 339 g/mol. The van der Waals surface area contributed by atoms with E-state index in [9.17, 15) is 14.7 Å². The second-order valence-electron chi connectivity index (χ2n) is 5.73. The molecule has 0 radical (unpaired) electrons. The molecule has 2 aromatic rings. The third-order valence-electron chi connectivity index (χ3n) is 3.81. The van der Waals surface area contributed by atoms with Gasteiger partial charge in [-0.15, -0.1) is 6.58 Å². The van der Waals surface area contributed by atoms with Crippen molar-refractivity contribution in [1.29, 1.82) is 0 Å². The molecule has 5 nitrogen and oxygen atoms in total. The highest BCUT2D eigenvalue weighted by Gasteiger charge is 2.39. The van der Waals surface area contributed by atoms with Crippen LogP contribution in [-0.2, 0) is 22.6 Å². The van der Waals surface area contributed by atoms with Crippen LogP contribution in [0.4, 0.5) is 4.79 Å². The summed E-state index contributed by atoms with van der Waals surface area (Å²) in [5, 5.41) is 12.2. The first-order valence-corrected chi connectivity index (χ1v) is 7.93. The molecule has 0 bridgehead atoms. The average Bonchev–Trinajstić information content (AvgIpc) is 2.62. The Kier molecular flexibility index (Phi) is 6.34. The lowest BCUT2D eigenvalue weighted by atomic mass is 9.87. The molecule has 2 N–H and O–H groups in total. The van der Waals surface area contributed by atoms with Gasteiger partial charge in [0.25, 0.3) is 0 Å². The van der Waals surface area contributed by atoms with Gasteiger partial charge >= 0.3 is 12.1 Å². The summed E-state index contributed by atoms with van der Waals surface area (Å²) in [4.78, 5) is 24.1. The van der Waals surface area contributed by atoms with Crippen LogP contribution in [0.15, 0.2) is 73.3 Å². The van der Waals surface area contributed by atoms with E-state index in [1.165, 1.54) is 6.08 Å². The lowest BCUT2D eigenvalue weighted by molar-refractivity contribution is -0.144. The van der Waals surface area contributed by atoms with Gasteiger partial charge in [0.05, 0.1) is 0 Å². The normalized spacial score (nSPS) is 12.6. The highest BCUT2D eigenvalue weighted by atomic mass is 16.5. The lowest BCUT2D eigenvalue weighted by Crippen LogP contribution is -2.56. The molecule has 25 heavy (non-hydrogen) atoms. The zero-order valence-electron chi connectivity index (χ0n) is 13.9. The number of benzene rings is 2. The van der Waals surface area contributed by atoms with Crippen molar-refractivity contribution < 1.29 is 19.4 Å². The van der Waals surface area contributed by atoms with Gasteiger partial charge in [-0.25, -0.2) is 9.59 Å². The van der Waals surface area contributed by atoms with Gasteiger partial charge in [-0.3, -0.25) is 0 Å². The minimum atomic E-state index is -1.50. The number of nitrogens with one attached hydrogen (secondary N) is 1. The molecule has 0 heterocycles. The molecule has 0 fully saturated rings. The molecule has 0 aromatic heterocycles. The van der Waals surface area contributed by atoms with Crippen molar-refractivity contribution in [1.82, 2.24) is 5.32 Å². The van der Waals surface area contributed by atoms with E-state index in [4.69, 9.17) is 4.74 Å². The zero-order valence-corrected chi connectivity index (χ0v) is 13.9. The molecule has 1 amide bonds. The number of carboxylic acid groups (broad SMARTS) is 1. The second-order valence-corrected chi connectivity index (χ2v) is 5.73. The first-order chi connectivity index (χ1) is 12.1. The van der Waals surface area contributed by atoms with Gasteiger partial charge in [-0.2, -0.15) is 0 Å². The van der Waals surface area contributed by atoms with Gasteiger partial charge in [-0.1, -0.05) is 66.7 Å².